The molecule has 1 atom stereocenters. The number of amides is 1. The van der Waals surface area contributed by atoms with Crippen LogP contribution in [0, 0.1) is 0 Å². The summed E-state index contributed by atoms with van der Waals surface area (Å²) >= 11 is 1.47. The second kappa shape index (κ2) is 8.47. The topological polar surface area (TPSA) is 73.7 Å². The molecule has 0 saturated heterocycles. The molecule has 32 heavy (non-hydrogen) atoms. The predicted octanol–water partition coefficient (Wildman–Crippen LogP) is 3.42. The molecule has 8 heteroatoms. The number of fused-ring (bicyclic) bond motifs is 2. The lowest BCUT2D eigenvalue weighted by Crippen LogP contribution is -2.43. The van der Waals surface area contributed by atoms with Crippen molar-refractivity contribution in [2.24, 2.45) is 0 Å². The molecule has 1 aliphatic rings. The normalized spacial score (nSPS) is 15.0. The standard InChI is InChI=1S/C24H21N3O4S/c1-26(12-17-14-30-19-9-5-6-10-20(19)31-17)22(28)13-27-15-25-23-18(24(27)29)11-21(32-23)16-7-3-2-4-8-16/h2-11,15,17H,12-14H2,1H3/t17-/m1/s1. The van der Waals surface area contributed by atoms with Crippen molar-refractivity contribution in [1.29, 1.82) is 0 Å². The zero-order chi connectivity index (χ0) is 22.1. The van der Waals surface area contributed by atoms with Gasteiger partial charge < -0.3 is 14.4 Å². The smallest absolute Gasteiger partial charge is 0.262 e. The molecule has 0 spiro atoms. The van der Waals surface area contributed by atoms with Crippen LogP contribution in [0.5, 0.6) is 11.5 Å². The summed E-state index contributed by atoms with van der Waals surface area (Å²) in [7, 11) is 1.70. The molecule has 3 heterocycles. The lowest BCUT2D eigenvalue weighted by Gasteiger charge is -2.29. The van der Waals surface area contributed by atoms with Crippen LogP contribution in [0.1, 0.15) is 0 Å². The minimum atomic E-state index is -0.276. The Morgan fingerprint density at radius 1 is 1.16 bits per heavy atom. The first kappa shape index (κ1) is 20.3. The van der Waals surface area contributed by atoms with Gasteiger partial charge in [-0.05, 0) is 23.8 Å². The molecule has 5 rings (SSSR count). The maximum Gasteiger partial charge on any atom is 0.262 e. The molecule has 0 fully saturated rings. The van der Waals surface area contributed by atoms with Gasteiger partial charge in [-0.25, -0.2) is 4.98 Å². The molecule has 0 N–H and O–H groups in total. The molecule has 0 aliphatic carbocycles. The second-order valence-electron chi connectivity index (χ2n) is 7.64. The highest BCUT2D eigenvalue weighted by molar-refractivity contribution is 7.21. The van der Waals surface area contributed by atoms with Crippen molar-refractivity contribution in [2.75, 3.05) is 20.2 Å². The summed E-state index contributed by atoms with van der Waals surface area (Å²) < 4.78 is 13.0. The van der Waals surface area contributed by atoms with Crippen LogP contribution in [0.3, 0.4) is 0 Å². The van der Waals surface area contributed by atoms with E-state index in [-0.39, 0.29) is 24.1 Å². The van der Waals surface area contributed by atoms with Gasteiger partial charge in [0.05, 0.1) is 18.3 Å². The fraction of sp³-hybridized carbons (Fsp3) is 0.208. The third kappa shape index (κ3) is 3.97. The van der Waals surface area contributed by atoms with Crippen LogP contribution in [-0.4, -0.2) is 46.7 Å². The first-order chi connectivity index (χ1) is 15.6. The summed E-state index contributed by atoms with van der Waals surface area (Å²) in [5, 5.41) is 0.521. The summed E-state index contributed by atoms with van der Waals surface area (Å²) in [6, 6.07) is 19.2. The van der Waals surface area contributed by atoms with Crippen LogP contribution < -0.4 is 15.0 Å². The molecule has 1 amide bonds. The van der Waals surface area contributed by atoms with Crippen molar-refractivity contribution in [3.05, 3.63) is 77.3 Å². The highest BCUT2D eigenvalue weighted by atomic mass is 32.1. The monoisotopic (exact) mass is 447 g/mol. The molecule has 0 unspecified atom stereocenters. The third-order valence-corrected chi connectivity index (χ3v) is 6.44. The van der Waals surface area contributed by atoms with Crippen LogP contribution in [0.25, 0.3) is 20.7 Å². The minimum Gasteiger partial charge on any atom is -0.486 e. The molecule has 0 saturated carbocycles. The average Bonchev–Trinajstić information content (AvgIpc) is 3.26. The van der Waals surface area contributed by atoms with E-state index >= 15 is 0 Å². The quantitative estimate of drug-likeness (QED) is 0.469. The number of hydrogen-bond acceptors (Lipinski definition) is 6. The highest BCUT2D eigenvalue weighted by Crippen LogP contribution is 2.31. The lowest BCUT2D eigenvalue weighted by molar-refractivity contribution is -0.132. The number of carbonyl (C=O) groups excluding carboxylic acids is 1. The zero-order valence-electron chi connectivity index (χ0n) is 17.4. The number of para-hydroxylation sites is 2. The van der Waals surface area contributed by atoms with Crippen molar-refractivity contribution < 1.29 is 14.3 Å². The van der Waals surface area contributed by atoms with E-state index in [0.717, 1.165) is 10.4 Å². The van der Waals surface area contributed by atoms with Crippen molar-refractivity contribution in [3.63, 3.8) is 0 Å². The first-order valence-corrected chi connectivity index (χ1v) is 11.1. The molecule has 0 bridgehead atoms. The minimum absolute atomic E-state index is 0.0844. The summed E-state index contributed by atoms with van der Waals surface area (Å²) in [6.45, 7) is 0.631. The van der Waals surface area contributed by atoms with Crippen LogP contribution in [0.2, 0.25) is 0 Å². The number of ether oxygens (including phenoxy) is 2. The Morgan fingerprint density at radius 2 is 1.91 bits per heavy atom. The Kier molecular flexibility index (Phi) is 5.36. The number of benzene rings is 2. The largest absolute Gasteiger partial charge is 0.486 e. The lowest BCUT2D eigenvalue weighted by atomic mass is 10.2. The van der Waals surface area contributed by atoms with Crippen LogP contribution in [0.15, 0.2) is 71.8 Å². The molecule has 4 aromatic rings. The van der Waals surface area contributed by atoms with Gasteiger partial charge in [0, 0.05) is 11.9 Å². The fourth-order valence-corrected chi connectivity index (χ4v) is 4.64. The molecule has 7 nitrogen and oxygen atoms in total. The van der Waals surface area contributed by atoms with Gasteiger partial charge in [-0.1, -0.05) is 42.5 Å². The molecule has 162 valence electrons. The molecule has 2 aromatic heterocycles. The molecule has 2 aromatic carbocycles. The Labute approximate surface area is 188 Å². The molecule has 1 aliphatic heterocycles. The maximum atomic E-state index is 13.0. The highest BCUT2D eigenvalue weighted by Gasteiger charge is 2.24. The maximum absolute atomic E-state index is 13.0. The van der Waals surface area contributed by atoms with Gasteiger partial charge in [0.15, 0.2) is 17.6 Å². The summed E-state index contributed by atoms with van der Waals surface area (Å²) in [4.78, 5) is 33.4. The van der Waals surface area contributed by atoms with Crippen molar-refractivity contribution >= 4 is 27.5 Å². The number of likely N-dealkylation sites (N-methyl/N-ethyl adjacent to an activating group) is 1. The van der Waals surface area contributed by atoms with Crippen LogP contribution >= 0.6 is 11.3 Å². The molecular weight excluding hydrogens is 426 g/mol. The third-order valence-electron chi connectivity index (χ3n) is 5.35. The van der Waals surface area contributed by atoms with E-state index in [0.29, 0.717) is 34.9 Å². The number of hydrogen-bond donors (Lipinski definition) is 0. The van der Waals surface area contributed by atoms with Gasteiger partial charge in [0.25, 0.3) is 5.56 Å². The van der Waals surface area contributed by atoms with Gasteiger partial charge in [-0.15, -0.1) is 11.3 Å². The Morgan fingerprint density at radius 3 is 2.72 bits per heavy atom. The summed E-state index contributed by atoms with van der Waals surface area (Å²) in [5.41, 5.74) is 0.815. The second-order valence-corrected chi connectivity index (χ2v) is 8.68. The number of thiophene rings is 1. The van der Waals surface area contributed by atoms with Crippen molar-refractivity contribution in [1.82, 2.24) is 14.5 Å². The zero-order valence-corrected chi connectivity index (χ0v) is 18.2. The first-order valence-electron chi connectivity index (χ1n) is 10.3. The van der Waals surface area contributed by atoms with E-state index in [1.165, 1.54) is 22.2 Å². The van der Waals surface area contributed by atoms with Gasteiger partial charge in [0.1, 0.15) is 18.0 Å². The van der Waals surface area contributed by atoms with Crippen LogP contribution in [-0.2, 0) is 11.3 Å². The number of carbonyl (C=O) groups is 1. The van der Waals surface area contributed by atoms with Gasteiger partial charge in [-0.3, -0.25) is 14.2 Å². The van der Waals surface area contributed by atoms with Gasteiger partial charge >= 0.3 is 0 Å². The van der Waals surface area contributed by atoms with E-state index in [1.54, 1.807) is 11.9 Å². The predicted molar refractivity (Wildman–Crippen MR) is 123 cm³/mol. The molecule has 0 radical (unpaired) electrons. The van der Waals surface area contributed by atoms with E-state index in [9.17, 15) is 9.59 Å². The summed E-state index contributed by atoms with van der Waals surface area (Å²) in [6.07, 6.45) is 1.17. The van der Waals surface area contributed by atoms with E-state index < -0.39 is 0 Å². The Hall–Kier alpha value is -3.65. The average molecular weight is 448 g/mol. The number of rotatable bonds is 5. The van der Waals surface area contributed by atoms with Crippen molar-refractivity contribution in [3.8, 4) is 21.9 Å². The van der Waals surface area contributed by atoms with Crippen LogP contribution in [0.4, 0.5) is 0 Å². The Balaban J connectivity index is 1.29. The molecular formula is C24H21N3O4S. The summed E-state index contributed by atoms with van der Waals surface area (Å²) in [5.74, 6) is 1.17. The van der Waals surface area contributed by atoms with E-state index in [2.05, 4.69) is 4.98 Å². The Bertz CT molecular complexity index is 1330. The number of aromatic nitrogens is 2. The van der Waals surface area contributed by atoms with E-state index in [4.69, 9.17) is 9.47 Å². The fourth-order valence-electron chi connectivity index (χ4n) is 3.64. The SMILES string of the molecule is CN(C[C@@H]1COc2ccccc2O1)C(=O)Cn1cnc2sc(-c3ccccc3)cc2c1=O. The number of nitrogens with zero attached hydrogens (tertiary/aromatic N) is 3. The van der Waals surface area contributed by atoms with E-state index in [1.807, 2.05) is 60.7 Å². The van der Waals surface area contributed by atoms with Gasteiger partial charge in [-0.2, -0.15) is 0 Å². The van der Waals surface area contributed by atoms with Crippen molar-refractivity contribution in [2.45, 2.75) is 12.6 Å². The van der Waals surface area contributed by atoms with Gasteiger partial charge in [0.2, 0.25) is 5.91 Å².